The van der Waals surface area contributed by atoms with Crippen LogP contribution in [0, 0.1) is 5.92 Å². The van der Waals surface area contributed by atoms with Crippen LogP contribution in [0.3, 0.4) is 0 Å². The third kappa shape index (κ3) is 1.76. The summed E-state index contributed by atoms with van der Waals surface area (Å²) in [6.45, 7) is 3.02. The molecule has 0 aromatic heterocycles. The van der Waals surface area contributed by atoms with E-state index in [4.69, 9.17) is 0 Å². The molecule has 2 heteroatoms. The van der Waals surface area contributed by atoms with Gasteiger partial charge in [0.05, 0.1) is 5.60 Å². The smallest absolute Gasteiger partial charge is 0.0940 e. The number of hydrogen-bond donors (Lipinski definition) is 1. The predicted molar refractivity (Wildman–Crippen MR) is 66.4 cm³/mol. The highest BCUT2D eigenvalue weighted by Crippen LogP contribution is 2.43. The minimum absolute atomic E-state index is 0.324. The quantitative estimate of drug-likeness (QED) is 0.840. The zero-order valence-corrected chi connectivity index (χ0v) is 10.4. The van der Waals surface area contributed by atoms with Crippen molar-refractivity contribution in [3.63, 3.8) is 0 Å². The normalized spacial score (nSPS) is 28.4. The number of aliphatic hydroxyl groups is 1. The summed E-state index contributed by atoms with van der Waals surface area (Å²) in [5.74, 6) is 0.324. The van der Waals surface area contributed by atoms with E-state index in [1.165, 1.54) is 5.56 Å². The van der Waals surface area contributed by atoms with Gasteiger partial charge in [0.1, 0.15) is 0 Å². The average Bonchev–Trinajstić information content (AvgIpc) is 2.53. The maximum Gasteiger partial charge on any atom is 0.0940 e. The van der Waals surface area contributed by atoms with Crippen molar-refractivity contribution in [1.82, 2.24) is 4.90 Å². The van der Waals surface area contributed by atoms with E-state index in [1.807, 2.05) is 6.07 Å². The van der Waals surface area contributed by atoms with Crippen molar-refractivity contribution in [2.45, 2.75) is 25.4 Å². The molecule has 1 aliphatic carbocycles. The van der Waals surface area contributed by atoms with E-state index in [-0.39, 0.29) is 0 Å². The summed E-state index contributed by atoms with van der Waals surface area (Å²) in [7, 11) is 4.14. The van der Waals surface area contributed by atoms with Crippen molar-refractivity contribution < 1.29 is 5.11 Å². The minimum Gasteiger partial charge on any atom is -0.385 e. The van der Waals surface area contributed by atoms with Gasteiger partial charge >= 0.3 is 0 Å². The number of rotatable bonds is 3. The molecule has 1 N–H and O–H groups in total. The van der Waals surface area contributed by atoms with Crippen molar-refractivity contribution in [3.8, 4) is 0 Å². The van der Waals surface area contributed by atoms with Crippen LogP contribution < -0.4 is 0 Å². The zero-order valence-electron chi connectivity index (χ0n) is 10.4. The molecule has 0 amide bonds. The zero-order chi connectivity index (χ0) is 11.8. The lowest BCUT2D eigenvalue weighted by molar-refractivity contribution is -0.0235. The molecule has 0 saturated heterocycles. The van der Waals surface area contributed by atoms with Gasteiger partial charge < -0.3 is 10.0 Å². The van der Waals surface area contributed by atoms with Crippen LogP contribution in [-0.2, 0) is 12.0 Å². The Balaban J connectivity index is 2.34. The lowest BCUT2D eigenvalue weighted by Crippen LogP contribution is -2.37. The third-order valence-corrected chi connectivity index (χ3v) is 3.75. The van der Waals surface area contributed by atoms with Gasteiger partial charge in [-0.25, -0.2) is 0 Å². The Morgan fingerprint density at radius 1 is 1.38 bits per heavy atom. The maximum absolute atomic E-state index is 10.8. The molecule has 2 atom stereocenters. The summed E-state index contributed by atoms with van der Waals surface area (Å²) in [5, 5.41) is 10.8. The molecule has 16 heavy (non-hydrogen) atoms. The topological polar surface area (TPSA) is 23.5 Å². The van der Waals surface area contributed by atoms with Crippen molar-refractivity contribution in [3.05, 3.63) is 35.4 Å². The van der Waals surface area contributed by atoms with Crippen LogP contribution in [0.1, 0.15) is 24.5 Å². The van der Waals surface area contributed by atoms with Gasteiger partial charge in [0.2, 0.25) is 0 Å². The molecule has 0 heterocycles. The van der Waals surface area contributed by atoms with Crippen molar-refractivity contribution in [1.29, 1.82) is 0 Å². The molecule has 2 nitrogen and oxygen atoms in total. The first-order valence-corrected chi connectivity index (χ1v) is 6.03. The van der Waals surface area contributed by atoms with Gasteiger partial charge in [-0.3, -0.25) is 0 Å². The molecule has 2 rings (SSSR count). The molecule has 0 spiro atoms. The van der Waals surface area contributed by atoms with E-state index < -0.39 is 5.60 Å². The Labute approximate surface area is 97.9 Å². The fourth-order valence-corrected chi connectivity index (χ4v) is 2.91. The Morgan fingerprint density at radius 2 is 2.06 bits per heavy atom. The largest absolute Gasteiger partial charge is 0.385 e. The van der Waals surface area contributed by atoms with Gasteiger partial charge in [0.25, 0.3) is 0 Å². The number of benzene rings is 1. The summed E-state index contributed by atoms with van der Waals surface area (Å²) in [6, 6.07) is 8.31. The van der Waals surface area contributed by atoms with Crippen LogP contribution in [0.2, 0.25) is 0 Å². The first kappa shape index (κ1) is 11.6. The van der Waals surface area contributed by atoms with Gasteiger partial charge in [0.15, 0.2) is 0 Å². The van der Waals surface area contributed by atoms with Crippen LogP contribution in [0.15, 0.2) is 24.3 Å². The second-order valence-corrected chi connectivity index (χ2v) is 5.10. The lowest BCUT2D eigenvalue weighted by atomic mass is 9.84. The standard InChI is InChI=1S/C14H21NO/c1-4-14(16)12(10-15(2)3)9-11-7-5-6-8-13(11)14/h5-8,12,16H,4,9-10H2,1-3H3. The molecule has 88 valence electrons. The van der Waals surface area contributed by atoms with Crippen molar-refractivity contribution in [2.24, 2.45) is 5.92 Å². The van der Waals surface area contributed by atoms with Crippen molar-refractivity contribution >= 4 is 0 Å². The summed E-state index contributed by atoms with van der Waals surface area (Å²) in [6.07, 6.45) is 1.79. The molecule has 1 aliphatic rings. The summed E-state index contributed by atoms with van der Waals surface area (Å²) < 4.78 is 0. The fraction of sp³-hybridized carbons (Fsp3) is 0.571. The summed E-state index contributed by atoms with van der Waals surface area (Å²) in [4.78, 5) is 2.16. The minimum atomic E-state index is -0.624. The Kier molecular flexibility index (Phi) is 3.04. The molecule has 2 unspecified atom stereocenters. The van der Waals surface area contributed by atoms with Gasteiger partial charge in [-0.2, -0.15) is 0 Å². The fourth-order valence-electron chi connectivity index (χ4n) is 2.91. The second-order valence-electron chi connectivity index (χ2n) is 5.10. The highest BCUT2D eigenvalue weighted by atomic mass is 16.3. The van der Waals surface area contributed by atoms with Crippen LogP contribution >= 0.6 is 0 Å². The maximum atomic E-state index is 10.8. The molecule has 0 bridgehead atoms. The summed E-state index contributed by atoms with van der Waals surface area (Å²) >= 11 is 0. The van der Waals surface area contributed by atoms with Crippen LogP contribution in [0.4, 0.5) is 0 Å². The average molecular weight is 219 g/mol. The first-order chi connectivity index (χ1) is 7.58. The van der Waals surface area contributed by atoms with Gasteiger partial charge in [-0.05, 0) is 38.1 Å². The Hall–Kier alpha value is -0.860. The molecule has 0 fully saturated rings. The molecular formula is C14H21NO. The monoisotopic (exact) mass is 219 g/mol. The number of nitrogens with zero attached hydrogens (tertiary/aromatic N) is 1. The number of hydrogen-bond acceptors (Lipinski definition) is 2. The summed E-state index contributed by atoms with van der Waals surface area (Å²) in [5.41, 5.74) is 1.84. The first-order valence-electron chi connectivity index (χ1n) is 6.03. The number of fused-ring (bicyclic) bond motifs is 1. The predicted octanol–water partition coefficient (Wildman–Crippen LogP) is 2.02. The molecular weight excluding hydrogens is 198 g/mol. The van der Waals surface area contributed by atoms with Gasteiger partial charge in [-0.1, -0.05) is 31.2 Å². The van der Waals surface area contributed by atoms with Gasteiger partial charge in [0, 0.05) is 12.5 Å². The second kappa shape index (κ2) is 4.19. The van der Waals surface area contributed by atoms with E-state index in [0.29, 0.717) is 5.92 Å². The molecule has 0 radical (unpaired) electrons. The van der Waals surface area contributed by atoms with Crippen molar-refractivity contribution in [2.75, 3.05) is 20.6 Å². The van der Waals surface area contributed by atoms with E-state index in [1.54, 1.807) is 0 Å². The Morgan fingerprint density at radius 3 is 2.69 bits per heavy atom. The van der Waals surface area contributed by atoms with E-state index in [2.05, 4.69) is 44.1 Å². The molecule has 0 aliphatic heterocycles. The molecule has 1 aromatic carbocycles. The van der Waals surface area contributed by atoms with E-state index in [9.17, 15) is 5.11 Å². The molecule has 1 aromatic rings. The lowest BCUT2D eigenvalue weighted by Gasteiger charge is -2.32. The van der Waals surface area contributed by atoms with E-state index in [0.717, 1.165) is 24.9 Å². The molecule has 0 saturated carbocycles. The highest BCUT2D eigenvalue weighted by molar-refractivity contribution is 5.38. The third-order valence-electron chi connectivity index (χ3n) is 3.75. The Bertz CT molecular complexity index is 375. The SMILES string of the molecule is CCC1(O)c2ccccc2CC1CN(C)C. The van der Waals surface area contributed by atoms with Gasteiger partial charge in [-0.15, -0.1) is 0 Å². The van der Waals surface area contributed by atoms with Crippen LogP contribution in [0.5, 0.6) is 0 Å². The highest BCUT2D eigenvalue weighted by Gasteiger charge is 2.43. The van der Waals surface area contributed by atoms with E-state index >= 15 is 0 Å². The van der Waals surface area contributed by atoms with Crippen LogP contribution in [-0.4, -0.2) is 30.6 Å². The van der Waals surface area contributed by atoms with Crippen LogP contribution in [0.25, 0.3) is 0 Å².